The molecule has 2 N–H and O–H groups in total. The minimum absolute atomic E-state index is 0.0537. The Balaban J connectivity index is -0.000000119. The molecule has 0 radical (unpaired) electrons. The van der Waals surface area contributed by atoms with E-state index >= 15 is 0 Å². The molecule has 12 nitrogen and oxygen atoms in total. The van der Waals surface area contributed by atoms with E-state index in [0.717, 1.165) is 91.6 Å². The Morgan fingerprint density at radius 2 is 0.784 bits per heavy atom. The van der Waals surface area contributed by atoms with Crippen molar-refractivity contribution < 1.29 is 29.4 Å². The fourth-order valence-corrected chi connectivity index (χ4v) is 8.35. The van der Waals surface area contributed by atoms with Gasteiger partial charge in [0.15, 0.2) is 0 Å². The van der Waals surface area contributed by atoms with E-state index in [0.29, 0.717) is 12.2 Å². The zero-order chi connectivity index (χ0) is 71.2. The van der Waals surface area contributed by atoms with Crippen molar-refractivity contribution >= 4 is 43.4 Å². The summed E-state index contributed by atoms with van der Waals surface area (Å²) in [5.41, 5.74) is 10.00. The van der Waals surface area contributed by atoms with Crippen LogP contribution in [0.2, 0.25) is 13.6 Å². The summed E-state index contributed by atoms with van der Waals surface area (Å²) < 4.78 is 5.06. The van der Waals surface area contributed by atoms with E-state index in [4.69, 9.17) is 24.5 Å². The highest BCUT2D eigenvalue weighted by atomic mass is 17.2. The molecule has 4 aromatic rings. The van der Waals surface area contributed by atoms with Gasteiger partial charge in [-0.2, -0.15) is 0 Å². The maximum atomic E-state index is 12.5. The van der Waals surface area contributed by atoms with Gasteiger partial charge in [-0.25, -0.2) is 14.6 Å². The lowest BCUT2D eigenvalue weighted by Gasteiger charge is -2.40. The van der Waals surface area contributed by atoms with Gasteiger partial charge in [-0.3, -0.25) is 19.8 Å². The summed E-state index contributed by atoms with van der Waals surface area (Å²) in [4.78, 5) is 41.2. The summed E-state index contributed by atoms with van der Waals surface area (Å²) in [5, 5.41) is 19.8. The van der Waals surface area contributed by atoms with E-state index in [2.05, 4.69) is 61.9 Å². The highest BCUT2D eigenvalue weighted by molar-refractivity contribution is 6.45. The summed E-state index contributed by atoms with van der Waals surface area (Å²) in [7, 11) is 2.09. The molecule has 2 aromatic heterocycles. The maximum absolute atomic E-state index is 12.5. The van der Waals surface area contributed by atoms with Gasteiger partial charge in [0.2, 0.25) is 0 Å². The molecule has 0 amide bonds. The minimum Gasteiger partial charge on any atom is -0.465 e. The van der Waals surface area contributed by atoms with Crippen molar-refractivity contribution in [3.8, 4) is 0 Å². The number of ether oxygens (including phenoxy) is 1. The average Bonchev–Trinajstić information content (AvgIpc) is 1.85. The number of carbonyl (C=O) groups excluding carboxylic acids is 1. The molecule has 514 valence electrons. The topological polar surface area (TPSA) is 124 Å². The van der Waals surface area contributed by atoms with Gasteiger partial charge in [0, 0.05) is 70.3 Å². The predicted octanol–water partition coefficient (Wildman–Crippen LogP) is 20.7. The van der Waals surface area contributed by atoms with Crippen molar-refractivity contribution in [1.82, 2.24) is 29.4 Å². The van der Waals surface area contributed by atoms with Crippen molar-refractivity contribution in [2.24, 2.45) is 0 Å². The third kappa shape index (κ3) is 38.3. The highest BCUT2D eigenvalue weighted by Gasteiger charge is 2.36. The predicted molar refractivity (Wildman–Crippen MR) is 401 cm³/mol. The highest BCUT2D eigenvalue weighted by Crippen LogP contribution is 2.41. The Kier molecular flexibility index (Phi) is 96.2. The first kappa shape index (κ1) is 105. The summed E-state index contributed by atoms with van der Waals surface area (Å²) in [6, 6.07) is 24.5. The van der Waals surface area contributed by atoms with Crippen molar-refractivity contribution in [2.75, 3.05) is 73.2 Å². The molecule has 4 heterocycles. The number of methoxy groups -OCH3 is 1. The van der Waals surface area contributed by atoms with Gasteiger partial charge in [0.1, 0.15) is 6.61 Å². The summed E-state index contributed by atoms with van der Waals surface area (Å²) in [6.45, 7) is 74.6. The van der Waals surface area contributed by atoms with Gasteiger partial charge in [-0.15, -0.1) is 0 Å². The number of pyridine rings is 2. The normalized spacial score (nSPS) is 13.8. The third-order valence-corrected chi connectivity index (χ3v) is 11.3. The van der Waals surface area contributed by atoms with Crippen LogP contribution in [0.25, 0.3) is 23.3 Å². The van der Waals surface area contributed by atoms with Crippen LogP contribution in [0.1, 0.15) is 278 Å². The smallest absolute Gasteiger partial charge is 0.376 e. The number of carbonyl (C=O) groups is 1. The molecule has 2 aliphatic heterocycles. The van der Waals surface area contributed by atoms with Crippen molar-refractivity contribution in [2.45, 2.75) is 247 Å². The molecule has 14 heteroatoms. The fraction of sp³-hybridized carbons (Fsp3) is 0.635. The largest absolute Gasteiger partial charge is 0.465 e. The number of piperazine rings is 2. The molecule has 4 aliphatic rings. The molecule has 2 aliphatic carbocycles. The van der Waals surface area contributed by atoms with E-state index in [1.165, 1.54) is 25.3 Å². The van der Waals surface area contributed by atoms with E-state index in [1.807, 2.05) is 277 Å². The lowest BCUT2D eigenvalue weighted by molar-refractivity contribution is -0.261. The van der Waals surface area contributed by atoms with Crippen LogP contribution in [0.15, 0.2) is 85.2 Å². The number of fused-ring (bicyclic) bond motifs is 4. The van der Waals surface area contributed by atoms with Gasteiger partial charge < -0.3 is 24.4 Å². The van der Waals surface area contributed by atoms with Gasteiger partial charge >= 0.3 is 20.1 Å². The van der Waals surface area contributed by atoms with Crippen LogP contribution in [0.4, 0.5) is 0 Å². The number of hydrogen-bond acceptors (Lipinski definition) is 12. The molecule has 2 aromatic carbocycles. The van der Waals surface area contributed by atoms with Crippen LogP contribution in [0.5, 0.6) is 0 Å². The Morgan fingerprint density at radius 3 is 1.18 bits per heavy atom. The molecular weight excluding hydrogens is 1090 g/mol. The average molecular weight is 1240 g/mol. The molecule has 88 heavy (non-hydrogen) atoms. The molecule has 8 rings (SSSR count). The molecule has 2 unspecified atom stereocenters. The molecular formula is C74H146B2N6O6. The maximum Gasteiger partial charge on any atom is 0.376 e. The van der Waals surface area contributed by atoms with Crippen LogP contribution in [0, 0.1) is 0 Å². The molecule has 2 fully saturated rings. The second-order valence-electron chi connectivity index (χ2n) is 14.5. The van der Waals surface area contributed by atoms with E-state index < -0.39 is 14.1 Å². The fourth-order valence-electron chi connectivity index (χ4n) is 8.35. The van der Waals surface area contributed by atoms with Crippen molar-refractivity contribution in [3.05, 3.63) is 130 Å². The monoisotopic (exact) mass is 1240 g/mol. The number of rotatable bonds is 8. The first-order chi connectivity index (χ1) is 43.3. The van der Waals surface area contributed by atoms with E-state index in [1.54, 1.807) is 13.0 Å². The van der Waals surface area contributed by atoms with E-state index in [9.17, 15) is 14.8 Å². The third-order valence-electron chi connectivity index (χ3n) is 11.3. The molecule has 0 saturated carbocycles. The van der Waals surface area contributed by atoms with Crippen LogP contribution >= 0.6 is 0 Å². The Hall–Kier alpha value is -4.50. The van der Waals surface area contributed by atoms with Crippen molar-refractivity contribution in [3.63, 3.8) is 0 Å². The number of benzene rings is 2. The first-order valence-electron chi connectivity index (χ1n) is 35.4. The Morgan fingerprint density at radius 1 is 0.443 bits per heavy atom. The van der Waals surface area contributed by atoms with Gasteiger partial charge in [-0.1, -0.05) is 282 Å². The quantitative estimate of drug-likeness (QED) is 0.0755. The first-order valence-corrected chi connectivity index (χ1v) is 35.4. The molecule has 2 atom stereocenters. The summed E-state index contributed by atoms with van der Waals surface area (Å²) in [5.74, 6) is -0.346. The number of nitrogens with zero attached hydrogens (tertiary/aromatic N) is 6. The van der Waals surface area contributed by atoms with Gasteiger partial charge in [0.25, 0.3) is 0 Å². The van der Waals surface area contributed by atoms with Gasteiger partial charge in [0.05, 0.1) is 43.3 Å². The number of esters is 1. The van der Waals surface area contributed by atoms with Crippen LogP contribution in [-0.2, 0) is 19.3 Å². The Labute approximate surface area is 550 Å². The van der Waals surface area contributed by atoms with Gasteiger partial charge in [-0.05, 0) is 71.3 Å². The summed E-state index contributed by atoms with van der Waals surface area (Å²) >= 11 is 0. The lowest BCUT2D eigenvalue weighted by Crippen LogP contribution is -2.52. The second-order valence-corrected chi connectivity index (χ2v) is 14.5. The van der Waals surface area contributed by atoms with Crippen LogP contribution < -0.4 is 0 Å². The molecule has 2 saturated heterocycles. The molecule has 0 bridgehead atoms. The zero-order valence-electron chi connectivity index (χ0n) is 64.6. The van der Waals surface area contributed by atoms with E-state index in [-0.39, 0.29) is 18.1 Å². The lowest BCUT2D eigenvalue weighted by atomic mass is 9.84. The number of aromatic nitrogens is 2. The Bertz CT molecular complexity index is 2060. The summed E-state index contributed by atoms with van der Waals surface area (Å²) in [6.07, 6.45) is 7.73. The number of hydrogen-bond donors (Lipinski definition) is 2. The van der Waals surface area contributed by atoms with Crippen LogP contribution in [0.3, 0.4) is 0 Å². The van der Waals surface area contributed by atoms with Crippen LogP contribution in [-0.4, -0.2) is 133 Å². The molecule has 0 spiro atoms. The zero-order valence-corrected chi connectivity index (χ0v) is 64.6. The van der Waals surface area contributed by atoms with Crippen molar-refractivity contribution in [1.29, 1.82) is 0 Å². The SMILES string of the molecule is CC.CC.CC.CC.CC.CC.CC.CC.CC.CC.CC.CC.CC.CC.CC.CC.COC(=O)C1=Cc2cccnc2C(N2CCN(B(C)O)CC2)c2ccccc21.COOCC1=Cc2ccccc2C(N2CCN(B(C)O)CC2)c2ncccc21. The standard InChI is InChI=1S/C21H24BN3O3.C21H26BN3O3.16C2H6/c1-22(27)25-12-10-24(11-13-25)20-17-8-4-3-7-16(17)18(21(26)28-2)14-15-6-5-9-23-19(15)20;1-22(26)25-12-10-24(11-13-25)21-19-7-4-3-6-16(19)14-17(15-28-27-2)18-8-5-9-23-20(18)21;16*1-2/h3-9,14,20,27H,10-13H2,1-2H3;3-9,14,21,26H,10-13,15H2,1-2H3;16*1-2H3. The minimum atomic E-state index is -0.443. The second kappa shape index (κ2) is 80.5.